The van der Waals surface area contributed by atoms with Crippen LogP contribution in [0.15, 0.2) is 23.4 Å². The molecular weight excluding hydrogens is 206 g/mol. The normalized spacial score (nSPS) is 11.3. The van der Waals surface area contributed by atoms with Crippen LogP contribution in [0.1, 0.15) is 6.92 Å². The fraction of sp³-hybridized carbons (Fsp3) is 0.375. The number of ether oxygens (including phenoxy) is 1. The van der Waals surface area contributed by atoms with E-state index in [0.717, 1.165) is 12.4 Å². The summed E-state index contributed by atoms with van der Waals surface area (Å²) in [5.41, 5.74) is 0. The SMILES string of the molecule is CCS(=O)(=O)c1cc(OC)c[n+]([O-])c1. The average Bonchev–Trinajstić information content (AvgIpc) is 2.16. The monoisotopic (exact) mass is 217 g/mol. The predicted octanol–water partition coefficient (Wildman–Crippen LogP) is 0.122. The lowest BCUT2D eigenvalue weighted by Crippen LogP contribution is -2.26. The molecule has 1 rings (SSSR count). The lowest BCUT2D eigenvalue weighted by Gasteiger charge is -2.04. The van der Waals surface area contributed by atoms with Gasteiger partial charge in [0.05, 0.1) is 12.9 Å². The highest BCUT2D eigenvalue weighted by molar-refractivity contribution is 7.91. The van der Waals surface area contributed by atoms with Gasteiger partial charge in [-0.3, -0.25) is 0 Å². The summed E-state index contributed by atoms with van der Waals surface area (Å²) in [6.07, 6.45) is 2.18. The van der Waals surface area contributed by atoms with Gasteiger partial charge in [-0.15, -0.1) is 0 Å². The minimum Gasteiger partial charge on any atom is -0.619 e. The van der Waals surface area contributed by atoms with E-state index in [1.165, 1.54) is 20.1 Å². The Morgan fingerprint density at radius 1 is 1.50 bits per heavy atom. The first-order valence-electron chi connectivity index (χ1n) is 4.00. The molecule has 5 nitrogen and oxygen atoms in total. The fourth-order valence-corrected chi connectivity index (χ4v) is 1.84. The van der Waals surface area contributed by atoms with Crippen LogP contribution in [0.3, 0.4) is 0 Å². The zero-order valence-electron chi connectivity index (χ0n) is 7.93. The maximum atomic E-state index is 11.4. The number of aromatic nitrogens is 1. The van der Waals surface area contributed by atoms with Crippen molar-refractivity contribution in [1.29, 1.82) is 0 Å². The largest absolute Gasteiger partial charge is 0.619 e. The minimum absolute atomic E-state index is 0.0191. The highest BCUT2D eigenvalue weighted by Gasteiger charge is 2.16. The first-order chi connectivity index (χ1) is 6.49. The molecular formula is C8H11NO4S. The van der Waals surface area contributed by atoms with Crippen LogP contribution in [0.4, 0.5) is 0 Å². The zero-order chi connectivity index (χ0) is 10.8. The van der Waals surface area contributed by atoms with Crippen LogP contribution in [0.2, 0.25) is 0 Å². The second-order valence-electron chi connectivity index (χ2n) is 2.67. The van der Waals surface area contributed by atoms with Gasteiger partial charge in [-0.05, 0) is 0 Å². The molecule has 14 heavy (non-hydrogen) atoms. The van der Waals surface area contributed by atoms with Crippen LogP contribution in [0, 0.1) is 5.21 Å². The van der Waals surface area contributed by atoms with Crippen LogP contribution in [0.25, 0.3) is 0 Å². The lowest BCUT2D eigenvalue weighted by atomic mass is 10.5. The van der Waals surface area contributed by atoms with E-state index >= 15 is 0 Å². The fourth-order valence-electron chi connectivity index (χ4n) is 0.951. The van der Waals surface area contributed by atoms with Crippen molar-refractivity contribution in [3.8, 4) is 5.75 Å². The van der Waals surface area contributed by atoms with Gasteiger partial charge >= 0.3 is 0 Å². The molecule has 0 aliphatic rings. The van der Waals surface area contributed by atoms with E-state index in [0.29, 0.717) is 4.73 Å². The second kappa shape index (κ2) is 3.83. The molecule has 0 amide bonds. The van der Waals surface area contributed by atoms with Crippen molar-refractivity contribution in [1.82, 2.24) is 0 Å². The number of pyridine rings is 1. The van der Waals surface area contributed by atoms with Crippen molar-refractivity contribution in [2.45, 2.75) is 11.8 Å². The van der Waals surface area contributed by atoms with Crippen LogP contribution >= 0.6 is 0 Å². The quantitative estimate of drug-likeness (QED) is 0.532. The summed E-state index contributed by atoms with van der Waals surface area (Å²) in [6.45, 7) is 1.52. The second-order valence-corrected chi connectivity index (χ2v) is 4.95. The van der Waals surface area contributed by atoms with Gasteiger partial charge in [0, 0.05) is 6.07 Å². The first kappa shape index (κ1) is 10.8. The third-order valence-electron chi connectivity index (χ3n) is 1.77. The topological polar surface area (TPSA) is 70.3 Å². The average molecular weight is 217 g/mol. The van der Waals surface area contributed by atoms with Crippen molar-refractivity contribution in [2.75, 3.05) is 12.9 Å². The van der Waals surface area contributed by atoms with E-state index in [-0.39, 0.29) is 16.4 Å². The highest BCUT2D eigenvalue weighted by Crippen LogP contribution is 2.15. The molecule has 1 heterocycles. The van der Waals surface area contributed by atoms with Gasteiger partial charge in [-0.1, -0.05) is 6.92 Å². The molecule has 78 valence electrons. The molecule has 0 bridgehead atoms. The number of hydrogen-bond donors (Lipinski definition) is 0. The summed E-state index contributed by atoms with van der Waals surface area (Å²) in [5.74, 6) is 0.190. The Morgan fingerprint density at radius 2 is 2.14 bits per heavy atom. The number of hydrogen-bond acceptors (Lipinski definition) is 4. The Kier molecular flexibility index (Phi) is 2.95. The molecule has 0 aromatic carbocycles. The van der Waals surface area contributed by atoms with Crippen LogP contribution in [0.5, 0.6) is 5.75 Å². The molecule has 0 aliphatic carbocycles. The Hall–Kier alpha value is -1.30. The van der Waals surface area contributed by atoms with E-state index in [9.17, 15) is 13.6 Å². The molecule has 0 unspecified atom stereocenters. The molecule has 0 radical (unpaired) electrons. The Balaban J connectivity index is 3.29. The van der Waals surface area contributed by atoms with Gasteiger partial charge in [0.2, 0.25) is 6.20 Å². The summed E-state index contributed by atoms with van der Waals surface area (Å²) >= 11 is 0. The number of rotatable bonds is 3. The molecule has 0 atom stereocenters. The molecule has 0 N–H and O–H groups in total. The predicted molar refractivity (Wildman–Crippen MR) is 49.7 cm³/mol. The summed E-state index contributed by atoms with van der Waals surface area (Å²) in [5, 5.41) is 11.0. The zero-order valence-corrected chi connectivity index (χ0v) is 8.74. The van der Waals surface area contributed by atoms with Crippen molar-refractivity contribution in [3.63, 3.8) is 0 Å². The Morgan fingerprint density at radius 3 is 2.64 bits per heavy atom. The molecule has 0 fully saturated rings. The minimum atomic E-state index is -3.35. The first-order valence-corrected chi connectivity index (χ1v) is 5.65. The number of methoxy groups -OCH3 is 1. The maximum absolute atomic E-state index is 11.4. The molecule has 6 heteroatoms. The smallest absolute Gasteiger partial charge is 0.222 e. The third-order valence-corrected chi connectivity index (χ3v) is 3.47. The van der Waals surface area contributed by atoms with Gasteiger partial charge < -0.3 is 9.94 Å². The van der Waals surface area contributed by atoms with E-state index in [1.807, 2.05) is 0 Å². The standard InChI is InChI=1S/C8H11NO4S/c1-3-14(11,12)8-4-7(13-2)5-9(10)6-8/h4-6H,3H2,1-2H3. The molecule has 0 saturated heterocycles. The third kappa shape index (κ3) is 2.14. The molecule has 0 spiro atoms. The molecule has 1 aromatic rings. The van der Waals surface area contributed by atoms with Crippen LogP contribution in [-0.2, 0) is 9.84 Å². The number of sulfone groups is 1. The summed E-state index contributed by atoms with van der Waals surface area (Å²) < 4.78 is 28.0. The van der Waals surface area contributed by atoms with E-state index in [4.69, 9.17) is 4.74 Å². The van der Waals surface area contributed by atoms with Crippen molar-refractivity contribution in [2.24, 2.45) is 0 Å². The van der Waals surface area contributed by atoms with Gasteiger partial charge in [-0.2, -0.15) is 4.73 Å². The van der Waals surface area contributed by atoms with E-state index in [1.54, 1.807) is 0 Å². The molecule has 0 aliphatic heterocycles. The molecule has 1 aromatic heterocycles. The van der Waals surface area contributed by atoms with Crippen LogP contribution < -0.4 is 9.47 Å². The lowest BCUT2D eigenvalue weighted by molar-refractivity contribution is -0.608. The highest BCUT2D eigenvalue weighted by atomic mass is 32.2. The van der Waals surface area contributed by atoms with Crippen molar-refractivity contribution >= 4 is 9.84 Å². The Bertz CT molecular complexity index is 427. The van der Waals surface area contributed by atoms with E-state index < -0.39 is 9.84 Å². The summed E-state index contributed by atoms with van der Waals surface area (Å²) in [7, 11) is -1.98. The maximum Gasteiger partial charge on any atom is 0.222 e. The molecule has 0 saturated carbocycles. The van der Waals surface area contributed by atoms with Crippen molar-refractivity contribution < 1.29 is 17.9 Å². The van der Waals surface area contributed by atoms with Gasteiger partial charge in [-0.25, -0.2) is 8.42 Å². The van der Waals surface area contributed by atoms with Gasteiger partial charge in [0.25, 0.3) is 0 Å². The van der Waals surface area contributed by atoms with Gasteiger partial charge in [0.1, 0.15) is 4.90 Å². The van der Waals surface area contributed by atoms with E-state index in [2.05, 4.69) is 0 Å². The van der Waals surface area contributed by atoms with Gasteiger partial charge in [0.15, 0.2) is 21.8 Å². The number of nitrogens with zero attached hydrogens (tertiary/aromatic N) is 1. The van der Waals surface area contributed by atoms with Crippen LogP contribution in [-0.4, -0.2) is 21.3 Å². The Labute approximate surface area is 82.4 Å². The van der Waals surface area contributed by atoms with Crippen molar-refractivity contribution in [3.05, 3.63) is 23.7 Å². The summed E-state index contributed by atoms with van der Waals surface area (Å²) in [4.78, 5) is -0.0191. The summed E-state index contributed by atoms with van der Waals surface area (Å²) in [6, 6.07) is 1.33.